The number of sulfonamides is 1. The van der Waals surface area contributed by atoms with E-state index >= 15 is 0 Å². The van der Waals surface area contributed by atoms with Gasteiger partial charge in [-0.25, -0.2) is 8.42 Å². The molecule has 0 atom stereocenters. The Hall–Kier alpha value is -3.46. The zero-order chi connectivity index (χ0) is 27.4. The van der Waals surface area contributed by atoms with Crippen molar-refractivity contribution in [2.24, 2.45) is 0 Å². The minimum Gasteiger partial charge on any atom is -0.329 e. The van der Waals surface area contributed by atoms with Crippen molar-refractivity contribution in [1.82, 2.24) is 4.90 Å². The normalized spacial score (nSPS) is 11.4. The number of benzene rings is 4. The standard InChI is InChI=1S/C31H27BrN2O3S2/c1-2-34(39(36,37)28-16-13-26(32)14-17-28)27-15-18-29-25(19-27)20-30(38-29)31(35)33(21-23-9-5-3-6-10-23)22-24-11-7-4-8-12-24/h3-20H,2,21-22H2,1H3. The number of hydrogen-bond acceptors (Lipinski definition) is 4. The van der Waals surface area contributed by atoms with Crippen LogP contribution in [-0.4, -0.2) is 25.8 Å². The molecule has 0 aliphatic carbocycles. The van der Waals surface area contributed by atoms with Crippen molar-refractivity contribution in [3.63, 3.8) is 0 Å². The van der Waals surface area contributed by atoms with E-state index in [1.54, 1.807) is 30.3 Å². The van der Waals surface area contributed by atoms with Gasteiger partial charge >= 0.3 is 0 Å². The van der Waals surface area contributed by atoms with E-state index < -0.39 is 10.0 Å². The summed E-state index contributed by atoms with van der Waals surface area (Å²) in [5.74, 6) is -0.0553. The largest absolute Gasteiger partial charge is 0.329 e. The van der Waals surface area contributed by atoms with Crippen LogP contribution in [0, 0.1) is 0 Å². The number of thiophene rings is 1. The smallest absolute Gasteiger partial charge is 0.264 e. The molecule has 1 heterocycles. The van der Waals surface area contributed by atoms with Crippen LogP contribution in [0.15, 0.2) is 119 Å². The Morgan fingerprint density at radius 2 is 1.38 bits per heavy atom. The summed E-state index contributed by atoms with van der Waals surface area (Å²) in [6.45, 7) is 3.07. The molecule has 0 aliphatic heterocycles. The fourth-order valence-electron chi connectivity index (χ4n) is 4.48. The van der Waals surface area contributed by atoms with Gasteiger partial charge in [-0.3, -0.25) is 9.10 Å². The number of nitrogens with zero attached hydrogens (tertiary/aromatic N) is 2. The van der Waals surface area contributed by atoms with Gasteiger partial charge in [-0.1, -0.05) is 76.6 Å². The molecule has 1 aromatic heterocycles. The molecule has 5 nitrogen and oxygen atoms in total. The van der Waals surface area contributed by atoms with Crippen molar-refractivity contribution in [2.75, 3.05) is 10.8 Å². The molecule has 0 bridgehead atoms. The number of fused-ring (bicyclic) bond motifs is 1. The highest BCUT2D eigenvalue weighted by Crippen LogP contribution is 2.33. The number of anilines is 1. The van der Waals surface area contributed by atoms with Crippen LogP contribution < -0.4 is 4.31 Å². The van der Waals surface area contributed by atoms with Crippen LogP contribution in [0.1, 0.15) is 27.7 Å². The molecular formula is C31H27BrN2O3S2. The predicted octanol–water partition coefficient (Wildman–Crippen LogP) is 7.72. The number of carbonyl (C=O) groups excluding carboxylic acids is 1. The third kappa shape index (κ3) is 6.08. The van der Waals surface area contributed by atoms with E-state index in [9.17, 15) is 13.2 Å². The van der Waals surface area contributed by atoms with Gasteiger partial charge in [0.2, 0.25) is 0 Å². The average Bonchev–Trinajstić information content (AvgIpc) is 3.38. The molecule has 5 rings (SSSR count). The van der Waals surface area contributed by atoms with E-state index in [4.69, 9.17) is 0 Å². The topological polar surface area (TPSA) is 57.7 Å². The number of amides is 1. The number of hydrogen-bond donors (Lipinski definition) is 0. The number of halogens is 1. The fraction of sp³-hybridized carbons (Fsp3) is 0.129. The van der Waals surface area contributed by atoms with E-state index in [1.807, 2.05) is 90.7 Å². The molecule has 0 saturated heterocycles. The van der Waals surface area contributed by atoms with E-state index in [-0.39, 0.29) is 17.3 Å². The van der Waals surface area contributed by atoms with E-state index in [2.05, 4.69) is 15.9 Å². The Kier molecular flexibility index (Phi) is 8.16. The van der Waals surface area contributed by atoms with Gasteiger partial charge in [-0.2, -0.15) is 0 Å². The lowest BCUT2D eigenvalue weighted by Gasteiger charge is -2.23. The van der Waals surface area contributed by atoms with Gasteiger partial charge < -0.3 is 4.90 Å². The molecule has 0 saturated carbocycles. The van der Waals surface area contributed by atoms with Crippen molar-refractivity contribution in [1.29, 1.82) is 0 Å². The maximum atomic E-state index is 13.8. The van der Waals surface area contributed by atoms with E-state index in [1.165, 1.54) is 15.6 Å². The second kappa shape index (κ2) is 11.7. The first-order valence-corrected chi connectivity index (χ1v) is 15.6. The molecule has 5 aromatic rings. The molecule has 0 N–H and O–H groups in total. The third-order valence-electron chi connectivity index (χ3n) is 6.41. The van der Waals surface area contributed by atoms with Gasteiger partial charge in [0.15, 0.2) is 0 Å². The predicted molar refractivity (Wildman–Crippen MR) is 163 cm³/mol. The fourth-order valence-corrected chi connectivity index (χ4v) is 7.22. The van der Waals surface area contributed by atoms with Gasteiger partial charge in [0, 0.05) is 28.8 Å². The van der Waals surface area contributed by atoms with E-state index in [0.717, 1.165) is 25.7 Å². The van der Waals surface area contributed by atoms with Gasteiger partial charge in [-0.05, 0) is 72.0 Å². The number of rotatable bonds is 9. The summed E-state index contributed by atoms with van der Waals surface area (Å²) in [7, 11) is -3.74. The molecule has 0 fully saturated rings. The molecule has 4 aromatic carbocycles. The average molecular weight is 620 g/mol. The van der Waals surface area contributed by atoms with Gasteiger partial charge in [-0.15, -0.1) is 11.3 Å². The van der Waals surface area contributed by atoms with Crippen LogP contribution >= 0.6 is 27.3 Å². The molecule has 0 unspecified atom stereocenters. The van der Waals surface area contributed by atoms with Gasteiger partial charge in [0.1, 0.15) is 0 Å². The van der Waals surface area contributed by atoms with Crippen molar-refractivity contribution in [3.8, 4) is 0 Å². The van der Waals surface area contributed by atoms with Crippen molar-refractivity contribution in [2.45, 2.75) is 24.9 Å². The lowest BCUT2D eigenvalue weighted by molar-refractivity contribution is 0.0735. The maximum Gasteiger partial charge on any atom is 0.264 e. The zero-order valence-corrected chi connectivity index (χ0v) is 24.5. The zero-order valence-electron chi connectivity index (χ0n) is 21.3. The molecule has 39 heavy (non-hydrogen) atoms. The number of carbonyl (C=O) groups is 1. The van der Waals surface area contributed by atoms with Gasteiger partial charge in [0.25, 0.3) is 15.9 Å². The highest BCUT2D eigenvalue weighted by Gasteiger charge is 2.25. The highest BCUT2D eigenvalue weighted by molar-refractivity contribution is 9.10. The van der Waals surface area contributed by atoms with Crippen LogP contribution in [0.3, 0.4) is 0 Å². The molecule has 198 valence electrons. The first-order valence-electron chi connectivity index (χ1n) is 12.5. The monoisotopic (exact) mass is 618 g/mol. The lowest BCUT2D eigenvalue weighted by Crippen LogP contribution is -2.30. The Labute approximate surface area is 241 Å². The summed E-state index contributed by atoms with van der Waals surface area (Å²) in [6, 6.07) is 34.0. The molecule has 8 heteroatoms. The van der Waals surface area contributed by atoms with Crippen molar-refractivity contribution < 1.29 is 13.2 Å². The molecular weight excluding hydrogens is 592 g/mol. The van der Waals surface area contributed by atoms with E-state index in [0.29, 0.717) is 23.7 Å². The Morgan fingerprint density at radius 3 is 1.95 bits per heavy atom. The van der Waals surface area contributed by atoms with Crippen LogP contribution in [0.25, 0.3) is 10.1 Å². The van der Waals surface area contributed by atoms with Crippen molar-refractivity contribution in [3.05, 3.63) is 130 Å². The third-order valence-corrected chi connectivity index (χ3v) is 9.96. The summed E-state index contributed by atoms with van der Waals surface area (Å²) >= 11 is 4.78. The molecule has 1 amide bonds. The summed E-state index contributed by atoms with van der Waals surface area (Å²) in [5, 5.41) is 0.838. The first-order chi connectivity index (χ1) is 18.8. The second-order valence-corrected chi connectivity index (χ2v) is 13.0. The summed E-state index contributed by atoms with van der Waals surface area (Å²) in [6.07, 6.45) is 0. The molecule has 0 spiro atoms. The SMILES string of the molecule is CCN(c1ccc2sc(C(=O)N(Cc3ccccc3)Cc3ccccc3)cc2c1)S(=O)(=O)c1ccc(Br)cc1. The minimum atomic E-state index is -3.74. The second-order valence-electron chi connectivity index (χ2n) is 9.09. The first kappa shape index (κ1) is 27.1. The lowest BCUT2D eigenvalue weighted by atomic mass is 10.1. The van der Waals surface area contributed by atoms with Gasteiger partial charge in [0.05, 0.1) is 15.5 Å². The van der Waals surface area contributed by atoms with Crippen LogP contribution in [0.4, 0.5) is 5.69 Å². The molecule has 0 aliphatic rings. The highest BCUT2D eigenvalue weighted by atomic mass is 79.9. The van der Waals surface area contributed by atoms with Crippen LogP contribution in [-0.2, 0) is 23.1 Å². The summed E-state index contributed by atoms with van der Waals surface area (Å²) in [5.41, 5.74) is 2.68. The summed E-state index contributed by atoms with van der Waals surface area (Å²) < 4.78 is 30.0. The Morgan fingerprint density at radius 1 is 0.795 bits per heavy atom. The summed E-state index contributed by atoms with van der Waals surface area (Å²) in [4.78, 5) is 16.5. The Bertz CT molecular complexity index is 1650. The Balaban J connectivity index is 1.46. The molecule has 0 radical (unpaired) electrons. The maximum absolute atomic E-state index is 13.8. The quantitative estimate of drug-likeness (QED) is 0.170. The van der Waals surface area contributed by atoms with Crippen LogP contribution in [0.2, 0.25) is 0 Å². The minimum absolute atomic E-state index is 0.0553. The van der Waals surface area contributed by atoms with Crippen LogP contribution in [0.5, 0.6) is 0 Å². The van der Waals surface area contributed by atoms with Crippen molar-refractivity contribution >= 4 is 59.0 Å².